The first-order chi connectivity index (χ1) is 11.7. The second kappa shape index (κ2) is 12.5. The van der Waals surface area contributed by atoms with Crippen molar-refractivity contribution < 1.29 is 4.39 Å². The molecule has 2 rings (SSSR count). The standard InChI is InChI=1S/C19H31FN4.HI/c1-16(15-24-11-4-3-5-12-24)14-23-19(21-2)22-10-9-17-7-6-8-18(20)13-17;/h6-8,13,16H,3-5,9-12,14-15H2,1-2H3,(H2,21,22,23);1H. The minimum Gasteiger partial charge on any atom is -0.356 e. The monoisotopic (exact) mass is 462 g/mol. The molecule has 1 fully saturated rings. The number of likely N-dealkylation sites (tertiary alicyclic amines) is 1. The van der Waals surface area contributed by atoms with Crippen LogP contribution in [0.15, 0.2) is 29.3 Å². The van der Waals surface area contributed by atoms with E-state index in [1.165, 1.54) is 38.4 Å². The van der Waals surface area contributed by atoms with Crippen molar-refractivity contribution in [1.29, 1.82) is 0 Å². The van der Waals surface area contributed by atoms with E-state index in [9.17, 15) is 4.39 Å². The lowest BCUT2D eigenvalue weighted by Crippen LogP contribution is -2.42. The van der Waals surface area contributed by atoms with Gasteiger partial charge in [-0.1, -0.05) is 25.5 Å². The van der Waals surface area contributed by atoms with Crippen molar-refractivity contribution in [2.24, 2.45) is 10.9 Å². The van der Waals surface area contributed by atoms with Crippen molar-refractivity contribution >= 4 is 29.9 Å². The summed E-state index contributed by atoms with van der Waals surface area (Å²) in [5, 5.41) is 6.69. The molecule has 0 amide bonds. The fourth-order valence-corrected chi connectivity index (χ4v) is 3.16. The zero-order chi connectivity index (χ0) is 17.2. The molecule has 0 aliphatic carbocycles. The maximum Gasteiger partial charge on any atom is 0.190 e. The maximum absolute atomic E-state index is 13.2. The van der Waals surface area contributed by atoms with Gasteiger partial charge in [0.15, 0.2) is 5.96 Å². The molecule has 1 aliphatic heterocycles. The molecule has 6 heteroatoms. The van der Waals surface area contributed by atoms with E-state index in [-0.39, 0.29) is 29.8 Å². The zero-order valence-corrected chi connectivity index (χ0v) is 17.8. The summed E-state index contributed by atoms with van der Waals surface area (Å²) in [4.78, 5) is 6.83. The van der Waals surface area contributed by atoms with Crippen molar-refractivity contribution in [2.75, 3.05) is 39.8 Å². The van der Waals surface area contributed by atoms with E-state index in [0.29, 0.717) is 5.92 Å². The van der Waals surface area contributed by atoms with Crippen LogP contribution in [0.3, 0.4) is 0 Å². The number of aliphatic imine (C=N–C) groups is 1. The van der Waals surface area contributed by atoms with E-state index in [0.717, 1.165) is 37.6 Å². The summed E-state index contributed by atoms with van der Waals surface area (Å²) in [6.07, 6.45) is 4.83. The Morgan fingerprint density at radius 1 is 1.24 bits per heavy atom. The fraction of sp³-hybridized carbons (Fsp3) is 0.632. The Labute approximate surface area is 168 Å². The van der Waals surface area contributed by atoms with Crippen LogP contribution < -0.4 is 10.6 Å². The van der Waals surface area contributed by atoms with Gasteiger partial charge in [0, 0.05) is 26.7 Å². The van der Waals surface area contributed by atoms with Crippen LogP contribution in [-0.2, 0) is 6.42 Å². The van der Waals surface area contributed by atoms with Crippen molar-refractivity contribution in [3.05, 3.63) is 35.6 Å². The van der Waals surface area contributed by atoms with Crippen LogP contribution in [0, 0.1) is 11.7 Å². The zero-order valence-electron chi connectivity index (χ0n) is 15.4. The molecule has 4 nitrogen and oxygen atoms in total. The number of piperidine rings is 1. The van der Waals surface area contributed by atoms with Crippen LogP contribution in [-0.4, -0.2) is 50.6 Å². The number of halogens is 2. The first-order valence-electron chi connectivity index (χ1n) is 9.08. The van der Waals surface area contributed by atoms with Gasteiger partial charge in [-0.3, -0.25) is 4.99 Å². The number of benzene rings is 1. The Kier molecular flexibility index (Phi) is 11.0. The Bertz CT molecular complexity index is 518. The van der Waals surface area contributed by atoms with Gasteiger partial charge in [0.25, 0.3) is 0 Å². The lowest BCUT2D eigenvalue weighted by molar-refractivity contribution is 0.201. The number of nitrogens with one attached hydrogen (secondary N) is 2. The molecule has 1 aliphatic rings. The Morgan fingerprint density at radius 3 is 2.68 bits per heavy atom. The molecular formula is C19H32FIN4. The first kappa shape index (κ1) is 22.2. The van der Waals surface area contributed by atoms with Crippen molar-refractivity contribution in [3.63, 3.8) is 0 Å². The second-order valence-corrected chi connectivity index (χ2v) is 6.73. The maximum atomic E-state index is 13.2. The third-order valence-corrected chi connectivity index (χ3v) is 4.46. The van der Waals surface area contributed by atoms with Crippen LogP contribution >= 0.6 is 24.0 Å². The molecule has 0 aromatic heterocycles. The quantitative estimate of drug-likeness (QED) is 0.371. The highest BCUT2D eigenvalue weighted by Crippen LogP contribution is 2.10. The minimum absolute atomic E-state index is 0. The van der Waals surface area contributed by atoms with Crippen LogP contribution in [0.25, 0.3) is 0 Å². The van der Waals surface area contributed by atoms with E-state index in [1.54, 1.807) is 19.2 Å². The first-order valence-corrected chi connectivity index (χ1v) is 9.08. The minimum atomic E-state index is -0.179. The Morgan fingerprint density at radius 2 is 2.00 bits per heavy atom. The van der Waals surface area contributed by atoms with Gasteiger partial charge in [-0.2, -0.15) is 0 Å². The van der Waals surface area contributed by atoms with E-state index in [4.69, 9.17) is 0 Å². The second-order valence-electron chi connectivity index (χ2n) is 6.73. The summed E-state index contributed by atoms with van der Waals surface area (Å²) in [7, 11) is 1.78. The largest absolute Gasteiger partial charge is 0.356 e. The highest BCUT2D eigenvalue weighted by molar-refractivity contribution is 14.0. The molecule has 2 N–H and O–H groups in total. The van der Waals surface area contributed by atoms with Crippen molar-refractivity contribution in [2.45, 2.75) is 32.6 Å². The summed E-state index contributed by atoms with van der Waals surface area (Å²) < 4.78 is 13.2. The molecule has 25 heavy (non-hydrogen) atoms. The number of nitrogens with zero attached hydrogens (tertiary/aromatic N) is 2. The molecular weight excluding hydrogens is 430 g/mol. The van der Waals surface area contributed by atoms with Crippen LogP contribution in [0.4, 0.5) is 4.39 Å². The molecule has 142 valence electrons. The Balaban J connectivity index is 0.00000312. The highest BCUT2D eigenvalue weighted by Gasteiger charge is 2.13. The summed E-state index contributed by atoms with van der Waals surface area (Å²) in [5.41, 5.74) is 0.997. The third-order valence-electron chi connectivity index (χ3n) is 4.46. The molecule has 1 aromatic carbocycles. The number of rotatable bonds is 7. The summed E-state index contributed by atoms with van der Waals surface area (Å²) in [6, 6.07) is 6.75. The van der Waals surface area contributed by atoms with Crippen LogP contribution in [0.2, 0.25) is 0 Å². The van der Waals surface area contributed by atoms with Gasteiger partial charge in [0.2, 0.25) is 0 Å². The molecule has 1 unspecified atom stereocenters. The lowest BCUT2D eigenvalue weighted by atomic mass is 10.1. The SMILES string of the molecule is CN=C(NCCc1cccc(F)c1)NCC(C)CN1CCCCC1.I. The Hall–Kier alpha value is -0.890. The molecule has 0 spiro atoms. The van der Waals surface area contributed by atoms with Gasteiger partial charge in [-0.25, -0.2) is 4.39 Å². The molecule has 0 radical (unpaired) electrons. The van der Waals surface area contributed by atoms with Gasteiger partial charge >= 0.3 is 0 Å². The van der Waals surface area contributed by atoms with Gasteiger partial charge in [-0.05, 0) is 56.0 Å². The van der Waals surface area contributed by atoms with Gasteiger partial charge in [0.1, 0.15) is 5.82 Å². The molecule has 1 aromatic rings. The van der Waals surface area contributed by atoms with Crippen molar-refractivity contribution in [1.82, 2.24) is 15.5 Å². The number of hydrogen-bond donors (Lipinski definition) is 2. The molecule has 1 saturated heterocycles. The molecule has 0 bridgehead atoms. The van der Waals surface area contributed by atoms with Gasteiger partial charge < -0.3 is 15.5 Å². The van der Waals surface area contributed by atoms with E-state index in [1.807, 2.05) is 6.07 Å². The number of hydrogen-bond acceptors (Lipinski definition) is 2. The average Bonchev–Trinajstić information content (AvgIpc) is 2.59. The predicted octanol–water partition coefficient (Wildman–Crippen LogP) is 3.27. The topological polar surface area (TPSA) is 39.7 Å². The average molecular weight is 462 g/mol. The van der Waals surface area contributed by atoms with Gasteiger partial charge in [0.05, 0.1) is 0 Å². The predicted molar refractivity (Wildman–Crippen MR) is 114 cm³/mol. The smallest absolute Gasteiger partial charge is 0.190 e. The molecule has 1 heterocycles. The molecule has 1 atom stereocenters. The summed E-state index contributed by atoms with van der Waals surface area (Å²) in [6.45, 7) is 7.56. The number of guanidine groups is 1. The van der Waals surface area contributed by atoms with Crippen molar-refractivity contribution in [3.8, 4) is 0 Å². The van der Waals surface area contributed by atoms with E-state index in [2.05, 4.69) is 27.4 Å². The van der Waals surface area contributed by atoms with Gasteiger partial charge in [-0.15, -0.1) is 24.0 Å². The summed E-state index contributed by atoms with van der Waals surface area (Å²) >= 11 is 0. The van der Waals surface area contributed by atoms with E-state index < -0.39 is 0 Å². The third kappa shape index (κ3) is 8.85. The molecule has 0 saturated carbocycles. The normalized spacial score (nSPS) is 16.8. The highest BCUT2D eigenvalue weighted by atomic mass is 127. The van der Waals surface area contributed by atoms with E-state index >= 15 is 0 Å². The lowest BCUT2D eigenvalue weighted by Gasteiger charge is -2.29. The van der Waals surface area contributed by atoms with Crippen LogP contribution in [0.5, 0.6) is 0 Å². The summed E-state index contributed by atoms with van der Waals surface area (Å²) in [5.74, 6) is 1.23. The van der Waals surface area contributed by atoms with Crippen LogP contribution in [0.1, 0.15) is 31.7 Å². The fourth-order valence-electron chi connectivity index (χ4n) is 3.16.